The highest BCUT2D eigenvalue weighted by Gasteiger charge is 2.39. The van der Waals surface area contributed by atoms with E-state index in [1.807, 2.05) is 4.90 Å². The van der Waals surface area contributed by atoms with Crippen LogP contribution in [0.4, 0.5) is 0 Å². The highest BCUT2D eigenvalue weighted by molar-refractivity contribution is 5.81. The summed E-state index contributed by atoms with van der Waals surface area (Å²) in [6.45, 7) is 0.781. The van der Waals surface area contributed by atoms with Gasteiger partial charge in [-0.2, -0.15) is 10.1 Å². The maximum atomic E-state index is 12.4. The molecular formula is C15H17N5O2. The maximum absolute atomic E-state index is 12.4. The van der Waals surface area contributed by atoms with Crippen molar-refractivity contribution in [2.24, 2.45) is 5.92 Å². The lowest BCUT2D eigenvalue weighted by Gasteiger charge is -2.33. The molecule has 1 amide bonds. The second-order valence-electron chi connectivity index (χ2n) is 5.88. The van der Waals surface area contributed by atoms with Gasteiger partial charge in [0.15, 0.2) is 0 Å². The van der Waals surface area contributed by atoms with E-state index in [2.05, 4.69) is 20.3 Å². The Morgan fingerprint density at radius 1 is 1.27 bits per heavy atom. The van der Waals surface area contributed by atoms with Gasteiger partial charge in [0.05, 0.1) is 0 Å². The van der Waals surface area contributed by atoms with Gasteiger partial charge >= 0.3 is 0 Å². The van der Waals surface area contributed by atoms with Crippen LogP contribution in [-0.4, -0.2) is 37.7 Å². The normalized spacial score (nSPS) is 21.8. The van der Waals surface area contributed by atoms with E-state index >= 15 is 0 Å². The third-order valence-corrected chi connectivity index (χ3v) is 4.24. The number of rotatable bonds is 3. The van der Waals surface area contributed by atoms with Gasteiger partial charge in [-0.15, -0.1) is 5.10 Å². The molecule has 4 rings (SSSR count). The summed E-state index contributed by atoms with van der Waals surface area (Å²) in [6.07, 6.45) is 6.61. The van der Waals surface area contributed by atoms with Gasteiger partial charge < -0.3 is 9.42 Å². The third kappa shape index (κ3) is 2.47. The van der Waals surface area contributed by atoms with E-state index in [1.165, 1.54) is 0 Å². The van der Waals surface area contributed by atoms with Gasteiger partial charge in [0.25, 0.3) is 0 Å². The van der Waals surface area contributed by atoms with Crippen molar-refractivity contribution >= 4 is 5.91 Å². The van der Waals surface area contributed by atoms with E-state index in [4.69, 9.17) is 4.52 Å². The summed E-state index contributed by atoms with van der Waals surface area (Å²) in [5, 5.41) is 11.8. The summed E-state index contributed by atoms with van der Waals surface area (Å²) in [4.78, 5) is 18.8. The van der Waals surface area contributed by atoms with Crippen LogP contribution in [0.2, 0.25) is 0 Å². The number of hydrogen-bond donors (Lipinski definition) is 0. The molecule has 7 heteroatoms. The van der Waals surface area contributed by atoms with Crippen LogP contribution in [0.25, 0.3) is 11.5 Å². The number of nitrogens with zero attached hydrogens (tertiary/aromatic N) is 5. The molecule has 0 N–H and O–H groups in total. The summed E-state index contributed by atoms with van der Waals surface area (Å²) in [5.74, 6) is 1.38. The highest BCUT2D eigenvalue weighted by atomic mass is 16.5. The second-order valence-corrected chi connectivity index (χ2v) is 5.88. The minimum absolute atomic E-state index is 0.0974. The molecule has 0 bridgehead atoms. The molecule has 7 nitrogen and oxygen atoms in total. The summed E-state index contributed by atoms with van der Waals surface area (Å²) < 4.78 is 5.42. The Bertz CT molecular complexity index is 668. The monoisotopic (exact) mass is 299 g/mol. The number of amides is 1. The smallest absolute Gasteiger partial charge is 0.249 e. The third-order valence-electron chi connectivity index (χ3n) is 4.24. The van der Waals surface area contributed by atoms with E-state index in [-0.39, 0.29) is 17.9 Å². The molecule has 1 saturated heterocycles. The van der Waals surface area contributed by atoms with Gasteiger partial charge in [0.2, 0.25) is 17.6 Å². The molecule has 2 aromatic heterocycles. The largest absolute Gasteiger partial charge is 0.337 e. The molecule has 1 atom stereocenters. The molecule has 22 heavy (non-hydrogen) atoms. The van der Waals surface area contributed by atoms with Gasteiger partial charge in [-0.1, -0.05) is 5.16 Å². The van der Waals surface area contributed by atoms with Gasteiger partial charge in [-0.25, -0.2) is 0 Å². The van der Waals surface area contributed by atoms with E-state index in [0.29, 0.717) is 17.4 Å². The number of carbonyl (C=O) groups is 1. The van der Waals surface area contributed by atoms with Crippen LogP contribution in [0.15, 0.2) is 22.9 Å². The summed E-state index contributed by atoms with van der Waals surface area (Å²) in [7, 11) is 0. The summed E-state index contributed by atoms with van der Waals surface area (Å²) in [5.41, 5.74) is 0.577. The first-order valence-electron chi connectivity index (χ1n) is 7.75. The number of piperidine rings is 1. The van der Waals surface area contributed by atoms with E-state index in [9.17, 15) is 4.79 Å². The molecule has 1 aliphatic heterocycles. The molecule has 0 spiro atoms. The van der Waals surface area contributed by atoms with Crippen LogP contribution in [0.1, 0.15) is 44.0 Å². The zero-order chi connectivity index (χ0) is 14.9. The Hall–Kier alpha value is -2.31. The predicted molar refractivity (Wildman–Crippen MR) is 76.4 cm³/mol. The minimum atomic E-state index is -0.0974. The maximum Gasteiger partial charge on any atom is 0.249 e. The Labute approximate surface area is 127 Å². The Morgan fingerprint density at radius 3 is 2.95 bits per heavy atom. The fourth-order valence-electron chi connectivity index (χ4n) is 2.91. The van der Waals surface area contributed by atoms with Crippen molar-refractivity contribution in [2.75, 3.05) is 6.54 Å². The average molecular weight is 299 g/mol. The molecular weight excluding hydrogens is 282 g/mol. The lowest BCUT2D eigenvalue weighted by molar-refractivity contribution is -0.137. The number of carbonyl (C=O) groups excluding carboxylic acids is 1. The Balaban J connectivity index is 1.59. The van der Waals surface area contributed by atoms with Crippen molar-refractivity contribution in [3.8, 4) is 11.5 Å². The minimum Gasteiger partial charge on any atom is -0.337 e. The quantitative estimate of drug-likeness (QED) is 0.861. The molecule has 3 heterocycles. The second kappa shape index (κ2) is 5.47. The van der Waals surface area contributed by atoms with Gasteiger partial charge in [0.1, 0.15) is 11.7 Å². The molecule has 0 aromatic carbocycles. The Morgan fingerprint density at radius 2 is 2.18 bits per heavy atom. The van der Waals surface area contributed by atoms with Crippen molar-refractivity contribution in [2.45, 2.75) is 38.1 Å². The van der Waals surface area contributed by atoms with Gasteiger partial charge in [-0.3, -0.25) is 4.79 Å². The number of hydrogen-bond acceptors (Lipinski definition) is 6. The zero-order valence-corrected chi connectivity index (χ0v) is 12.2. The molecule has 2 aromatic rings. The first kappa shape index (κ1) is 13.4. The van der Waals surface area contributed by atoms with Crippen molar-refractivity contribution in [3.05, 3.63) is 24.2 Å². The van der Waals surface area contributed by atoms with Gasteiger partial charge in [0, 0.05) is 18.7 Å². The zero-order valence-electron chi connectivity index (χ0n) is 12.2. The van der Waals surface area contributed by atoms with E-state index in [0.717, 1.165) is 38.6 Å². The van der Waals surface area contributed by atoms with Crippen LogP contribution >= 0.6 is 0 Å². The van der Waals surface area contributed by atoms with Crippen LogP contribution in [-0.2, 0) is 4.79 Å². The predicted octanol–water partition coefficient (Wildman–Crippen LogP) is 1.99. The van der Waals surface area contributed by atoms with Crippen molar-refractivity contribution in [3.63, 3.8) is 0 Å². The van der Waals surface area contributed by atoms with E-state index < -0.39 is 0 Å². The molecule has 1 aliphatic carbocycles. The standard InChI is InChI=1S/C15H17N5O2/c21-15(10-6-7-10)20-9-2-1-5-12(20)14-17-13(19-22-14)11-4-3-8-16-18-11/h3-4,8,10,12H,1-2,5-7,9H2/t12-/m1/s1. The topological polar surface area (TPSA) is 85.0 Å². The number of likely N-dealkylation sites (tertiary alicyclic amines) is 1. The molecule has 1 saturated carbocycles. The fraction of sp³-hybridized carbons (Fsp3) is 0.533. The van der Waals surface area contributed by atoms with Crippen molar-refractivity contribution in [1.29, 1.82) is 0 Å². The SMILES string of the molecule is O=C(C1CC1)N1CCCC[C@@H]1c1nc(-c2cccnn2)no1. The molecule has 114 valence electrons. The first-order valence-corrected chi connectivity index (χ1v) is 7.75. The summed E-state index contributed by atoms with van der Waals surface area (Å²) >= 11 is 0. The van der Waals surface area contributed by atoms with Crippen molar-refractivity contribution in [1.82, 2.24) is 25.2 Å². The molecule has 0 unspecified atom stereocenters. The Kier molecular flexibility index (Phi) is 3.32. The van der Waals surface area contributed by atoms with Crippen LogP contribution in [0.3, 0.4) is 0 Å². The van der Waals surface area contributed by atoms with Crippen LogP contribution in [0, 0.1) is 5.92 Å². The van der Waals surface area contributed by atoms with Gasteiger partial charge in [-0.05, 0) is 44.2 Å². The number of aromatic nitrogens is 4. The summed E-state index contributed by atoms with van der Waals surface area (Å²) in [6, 6.07) is 3.47. The van der Waals surface area contributed by atoms with Crippen LogP contribution < -0.4 is 0 Å². The highest BCUT2D eigenvalue weighted by Crippen LogP contribution is 2.37. The lowest BCUT2D eigenvalue weighted by Crippen LogP contribution is -2.39. The average Bonchev–Trinajstić information content (AvgIpc) is 3.32. The van der Waals surface area contributed by atoms with E-state index in [1.54, 1.807) is 18.3 Å². The molecule has 2 fully saturated rings. The van der Waals surface area contributed by atoms with Crippen LogP contribution in [0.5, 0.6) is 0 Å². The lowest BCUT2D eigenvalue weighted by atomic mass is 10.0. The van der Waals surface area contributed by atoms with Crippen molar-refractivity contribution < 1.29 is 9.32 Å². The first-order chi connectivity index (χ1) is 10.8. The molecule has 0 radical (unpaired) electrons. The fourth-order valence-corrected chi connectivity index (χ4v) is 2.91. The molecule has 2 aliphatic rings.